The Labute approximate surface area is 269 Å². The highest BCUT2D eigenvalue weighted by molar-refractivity contribution is 7.07. The number of furan rings is 1. The fourth-order valence-corrected chi connectivity index (χ4v) is 6.57. The Balaban J connectivity index is 1.42. The molecule has 2 aliphatic heterocycles. The number of allylic oxidation sites excluding steroid dienone is 1. The van der Waals surface area contributed by atoms with E-state index in [2.05, 4.69) is 0 Å². The van der Waals surface area contributed by atoms with E-state index < -0.39 is 12.0 Å². The summed E-state index contributed by atoms with van der Waals surface area (Å²) in [4.78, 5) is 45.2. The van der Waals surface area contributed by atoms with Crippen molar-refractivity contribution in [2.24, 2.45) is 4.99 Å². The van der Waals surface area contributed by atoms with Gasteiger partial charge in [0.1, 0.15) is 11.5 Å². The first-order valence-corrected chi connectivity index (χ1v) is 16.0. The molecule has 46 heavy (non-hydrogen) atoms. The molecule has 11 heteroatoms. The van der Waals surface area contributed by atoms with Gasteiger partial charge in [-0.2, -0.15) is 0 Å². The molecule has 0 spiro atoms. The van der Waals surface area contributed by atoms with E-state index >= 15 is 0 Å². The van der Waals surface area contributed by atoms with Crippen molar-refractivity contribution in [2.75, 3.05) is 13.4 Å². The van der Waals surface area contributed by atoms with E-state index in [0.717, 1.165) is 17.5 Å². The smallest absolute Gasteiger partial charge is 0.338 e. The van der Waals surface area contributed by atoms with Gasteiger partial charge < -0.3 is 23.4 Å². The van der Waals surface area contributed by atoms with E-state index in [-0.39, 0.29) is 31.0 Å². The fourth-order valence-electron chi connectivity index (χ4n) is 5.57. The maximum absolute atomic E-state index is 14.1. The molecule has 0 amide bonds. The summed E-state index contributed by atoms with van der Waals surface area (Å²) in [7, 11) is 0. The Hall–Kier alpha value is -4.90. The van der Waals surface area contributed by atoms with Crippen LogP contribution in [0.25, 0.3) is 17.4 Å². The molecular weight excluding hydrogens is 608 g/mol. The molecule has 0 saturated heterocycles. The predicted octanol–water partition coefficient (Wildman–Crippen LogP) is 5.44. The highest BCUT2D eigenvalue weighted by Crippen LogP contribution is 2.39. The lowest BCUT2D eigenvalue weighted by atomic mass is 9.94. The van der Waals surface area contributed by atoms with Gasteiger partial charge in [-0.15, -0.1) is 0 Å². The number of nitrogens with zero attached hydrogens (tertiary/aromatic N) is 2. The highest BCUT2D eigenvalue weighted by atomic mass is 32.1. The molecule has 2 aliphatic rings. The molecule has 1 atom stereocenters. The van der Waals surface area contributed by atoms with E-state index in [1.807, 2.05) is 32.0 Å². The molecule has 0 bridgehead atoms. The summed E-state index contributed by atoms with van der Waals surface area (Å²) in [6, 6.07) is 13.5. The topological polar surface area (TPSA) is 119 Å². The Morgan fingerprint density at radius 2 is 1.87 bits per heavy atom. The lowest BCUT2D eigenvalue weighted by Gasteiger charge is -2.25. The van der Waals surface area contributed by atoms with Crippen molar-refractivity contribution < 1.29 is 33.0 Å². The van der Waals surface area contributed by atoms with Gasteiger partial charge in [0.2, 0.25) is 6.79 Å². The number of carbonyl (C=O) groups excluding carboxylic acids is 2. The first-order chi connectivity index (χ1) is 22.2. The SMILES string of the molecule is CCCC1=C(C(=O)OCC)[C@H](c2ccc3c(c2)OCO3)n2c(s/c(=C/c3ccc(-c4ccc(C(=O)OC(C)C)cc4C)o3)c2=O)=N1. The van der Waals surface area contributed by atoms with Crippen LogP contribution in [0.3, 0.4) is 0 Å². The molecule has 10 nitrogen and oxygen atoms in total. The van der Waals surface area contributed by atoms with Gasteiger partial charge in [0.15, 0.2) is 16.3 Å². The van der Waals surface area contributed by atoms with Crippen molar-refractivity contribution in [3.63, 3.8) is 0 Å². The van der Waals surface area contributed by atoms with Crippen molar-refractivity contribution in [3.05, 3.63) is 102 Å². The Morgan fingerprint density at radius 3 is 2.61 bits per heavy atom. The Kier molecular flexibility index (Phi) is 8.68. The third kappa shape index (κ3) is 5.90. The number of fused-ring (bicyclic) bond motifs is 2. The third-order valence-electron chi connectivity index (χ3n) is 7.58. The van der Waals surface area contributed by atoms with E-state index in [4.69, 9.17) is 28.4 Å². The number of esters is 2. The van der Waals surface area contributed by atoms with Gasteiger partial charge >= 0.3 is 11.9 Å². The van der Waals surface area contributed by atoms with Crippen molar-refractivity contribution in [1.82, 2.24) is 4.57 Å². The van der Waals surface area contributed by atoms with Crippen LogP contribution in [-0.4, -0.2) is 36.0 Å². The summed E-state index contributed by atoms with van der Waals surface area (Å²) >= 11 is 1.23. The summed E-state index contributed by atoms with van der Waals surface area (Å²) < 4.78 is 30.0. The average Bonchev–Trinajstić information content (AvgIpc) is 3.75. The van der Waals surface area contributed by atoms with Crippen LogP contribution in [0.1, 0.15) is 73.8 Å². The van der Waals surface area contributed by atoms with E-state index in [9.17, 15) is 14.4 Å². The Bertz CT molecular complexity index is 2050. The molecule has 0 aliphatic carbocycles. The van der Waals surface area contributed by atoms with Gasteiger partial charge in [-0.05, 0) is 81.6 Å². The first kappa shape index (κ1) is 31.1. The van der Waals surface area contributed by atoms with Gasteiger partial charge in [-0.1, -0.05) is 36.8 Å². The molecule has 4 aromatic rings. The molecule has 6 rings (SSSR count). The number of thiazole rings is 1. The van der Waals surface area contributed by atoms with Gasteiger partial charge in [-0.25, -0.2) is 14.6 Å². The lowest BCUT2D eigenvalue weighted by molar-refractivity contribution is -0.139. The number of carbonyl (C=O) groups is 2. The summed E-state index contributed by atoms with van der Waals surface area (Å²) in [6.45, 7) is 9.55. The van der Waals surface area contributed by atoms with Crippen LogP contribution >= 0.6 is 11.3 Å². The van der Waals surface area contributed by atoms with Crippen molar-refractivity contribution >= 4 is 29.4 Å². The van der Waals surface area contributed by atoms with Crippen LogP contribution in [0.4, 0.5) is 0 Å². The van der Waals surface area contributed by atoms with Gasteiger partial charge in [0.25, 0.3) is 5.56 Å². The predicted molar refractivity (Wildman–Crippen MR) is 172 cm³/mol. The lowest BCUT2D eigenvalue weighted by Crippen LogP contribution is -2.40. The molecular formula is C35H34N2O8S. The zero-order valence-corrected chi connectivity index (χ0v) is 27.1. The van der Waals surface area contributed by atoms with Crippen molar-refractivity contribution in [1.29, 1.82) is 0 Å². The summed E-state index contributed by atoms with van der Waals surface area (Å²) in [6.07, 6.45) is 2.75. The second-order valence-corrected chi connectivity index (χ2v) is 12.2. The van der Waals surface area contributed by atoms with Crippen LogP contribution in [0.15, 0.2) is 74.0 Å². The zero-order chi connectivity index (χ0) is 32.5. The first-order valence-electron chi connectivity index (χ1n) is 15.2. The molecule has 2 aromatic carbocycles. The van der Waals surface area contributed by atoms with Gasteiger partial charge in [-0.3, -0.25) is 9.36 Å². The minimum Gasteiger partial charge on any atom is -0.463 e. The summed E-state index contributed by atoms with van der Waals surface area (Å²) in [5.74, 6) is 1.31. The van der Waals surface area contributed by atoms with E-state index in [0.29, 0.717) is 61.2 Å². The van der Waals surface area contributed by atoms with Crippen LogP contribution in [-0.2, 0) is 14.3 Å². The minimum absolute atomic E-state index is 0.0999. The number of benzene rings is 2. The number of aromatic nitrogens is 1. The molecule has 0 fully saturated rings. The minimum atomic E-state index is -0.774. The molecule has 0 N–H and O–H groups in total. The number of rotatable bonds is 9. The zero-order valence-electron chi connectivity index (χ0n) is 26.2. The number of hydrogen-bond donors (Lipinski definition) is 0. The van der Waals surface area contributed by atoms with Crippen LogP contribution in [0, 0.1) is 6.92 Å². The summed E-state index contributed by atoms with van der Waals surface area (Å²) in [5, 5.41) is 0. The number of ether oxygens (including phenoxy) is 4. The second-order valence-electron chi connectivity index (χ2n) is 11.2. The van der Waals surface area contributed by atoms with Crippen molar-refractivity contribution in [3.8, 4) is 22.8 Å². The quantitative estimate of drug-likeness (QED) is 0.222. The van der Waals surface area contributed by atoms with E-state index in [1.54, 1.807) is 61.7 Å². The molecule has 238 valence electrons. The molecule has 2 aromatic heterocycles. The van der Waals surface area contributed by atoms with Gasteiger partial charge in [0.05, 0.1) is 40.1 Å². The molecule has 0 saturated carbocycles. The van der Waals surface area contributed by atoms with Crippen LogP contribution in [0.2, 0.25) is 0 Å². The maximum Gasteiger partial charge on any atom is 0.338 e. The van der Waals surface area contributed by atoms with Crippen LogP contribution in [0.5, 0.6) is 11.5 Å². The third-order valence-corrected chi connectivity index (χ3v) is 8.56. The highest BCUT2D eigenvalue weighted by Gasteiger charge is 2.35. The number of hydrogen-bond acceptors (Lipinski definition) is 10. The van der Waals surface area contributed by atoms with Crippen LogP contribution < -0.4 is 24.4 Å². The second kappa shape index (κ2) is 12.8. The molecule has 4 heterocycles. The fraction of sp³-hybridized carbons (Fsp3) is 0.314. The van der Waals surface area contributed by atoms with Gasteiger partial charge in [0, 0.05) is 11.6 Å². The Morgan fingerprint density at radius 1 is 1.07 bits per heavy atom. The summed E-state index contributed by atoms with van der Waals surface area (Å²) in [5.41, 5.74) is 3.41. The molecule has 0 unspecified atom stereocenters. The largest absolute Gasteiger partial charge is 0.463 e. The normalized spacial score (nSPS) is 15.6. The van der Waals surface area contributed by atoms with Crippen molar-refractivity contribution in [2.45, 2.75) is 59.6 Å². The standard InChI is InChI=1S/C35H34N2O8S/c1-6-8-25-30(34(40)41-7-2)31(21-10-13-27-28(16-21)43-18-42-27)37-32(38)29(46-35(37)36-25)17-23-11-14-26(45-23)24-12-9-22(15-20(24)5)33(39)44-19(3)4/h9-17,19,31H,6-8,18H2,1-5H3/b29-17+/t31-/m0/s1. The maximum atomic E-state index is 14.1. The molecule has 0 radical (unpaired) electrons. The number of aryl methyl sites for hydroxylation is 1. The van der Waals surface area contributed by atoms with E-state index in [1.165, 1.54) is 11.3 Å². The monoisotopic (exact) mass is 642 g/mol. The average molecular weight is 643 g/mol.